The molecule has 0 unspecified atom stereocenters. The second-order valence-electron chi connectivity index (χ2n) is 5.54. The highest BCUT2D eigenvalue weighted by Crippen LogP contribution is 2.31. The Morgan fingerprint density at radius 2 is 1.81 bits per heavy atom. The maximum atomic E-state index is 12.4. The molecule has 0 fully saturated rings. The van der Waals surface area contributed by atoms with Crippen molar-refractivity contribution in [2.24, 2.45) is 0 Å². The molecule has 1 amide bonds. The van der Waals surface area contributed by atoms with Crippen LogP contribution in [0, 0.1) is 6.92 Å². The number of aryl methyl sites for hydroxylation is 1. The Morgan fingerprint density at radius 1 is 1.12 bits per heavy atom. The van der Waals surface area contributed by atoms with Gasteiger partial charge in [0.25, 0.3) is 5.91 Å². The van der Waals surface area contributed by atoms with E-state index in [2.05, 4.69) is 20.6 Å². The number of nitrogens with one attached hydrogen (secondary N) is 2. The Morgan fingerprint density at radius 3 is 2.46 bits per heavy atom. The van der Waals surface area contributed by atoms with E-state index in [1.165, 1.54) is 19.5 Å². The molecule has 2 aromatic carbocycles. The monoisotopic (exact) mass is 368 g/mol. The number of hydrogen-bond donors (Lipinski definition) is 2. The minimum atomic E-state index is -0.337. The van der Waals surface area contributed by atoms with Crippen molar-refractivity contribution in [3.8, 4) is 5.75 Å². The lowest BCUT2D eigenvalue weighted by Crippen LogP contribution is -2.14. The molecule has 0 saturated heterocycles. The van der Waals surface area contributed by atoms with Crippen molar-refractivity contribution in [1.82, 2.24) is 9.97 Å². The molecule has 6 nitrogen and oxygen atoms in total. The molecule has 7 heteroatoms. The third-order valence-electron chi connectivity index (χ3n) is 3.67. The van der Waals surface area contributed by atoms with Crippen LogP contribution in [0.2, 0.25) is 5.02 Å². The lowest BCUT2D eigenvalue weighted by Gasteiger charge is -2.12. The third kappa shape index (κ3) is 4.10. The lowest BCUT2D eigenvalue weighted by molar-refractivity contribution is 0.102. The second-order valence-corrected chi connectivity index (χ2v) is 5.95. The summed E-state index contributed by atoms with van der Waals surface area (Å²) in [5.41, 5.74) is 2.57. The molecule has 1 aromatic heterocycles. The number of para-hydroxylation sites is 1. The van der Waals surface area contributed by atoms with E-state index >= 15 is 0 Å². The van der Waals surface area contributed by atoms with Gasteiger partial charge in [0.15, 0.2) is 0 Å². The summed E-state index contributed by atoms with van der Waals surface area (Å²) < 4.78 is 5.26. The molecule has 26 heavy (non-hydrogen) atoms. The van der Waals surface area contributed by atoms with Crippen LogP contribution < -0.4 is 15.4 Å². The van der Waals surface area contributed by atoms with Crippen molar-refractivity contribution in [1.29, 1.82) is 0 Å². The molecular formula is C19H17ClN4O2. The minimum absolute atomic E-state index is 0.332. The van der Waals surface area contributed by atoms with Crippen LogP contribution in [0.5, 0.6) is 5.75 Å². The van der Waals surface area contributed by atoms with Gasteiger partial charge in [0, 0.05) is 29.2 Å². The summed E-state index contributed by atoms with van der Waals surface area (Å²) in [7, 11) is 1.52. The number of amides is 1. The SMILES string of the molecule is COc1cc(Cl)c(C)cc1NC(=O)c1cnc(Nc2ccccc2)nc1. The van der Waals surface area contributed by atoms with Crippen molar-refractivity contribution in [2.75, 3.05) is 17.7 Å². The number of benzene rings is 2. The van der Waals surface area contributed by atoms with Crippen LogP contribution in [0.4, 0.5) is 17.3 Å². The van der Waals surface area contributed by atoms with E-state index in [0.29, 0.717) is 28.0 Å². The second kappa shape index (κ2) is 7.84. The molecule has 3 rings (SSSR count). The largest absolute Gasteiger partial charge is 0.495 e. The fourth-order valence-corrected chi connectivity index (χ4v) is 2.44. The maximum absolute atomic E-state index is 12.4. The van der Waals surface area contributed by atoms with Gasteiger partial charge in [-0.05, 0) is 30.7 Å². The molecule has 0 spiro atoms. The molecule has 3 aromatic rings. The zero-order chi connectivity index (χ0) is 18.5. The van der Waals surface area contributed by atoms with Crippen molar-refractivity contribution in [2.45, 2.75) is 6.92 Å². The molecule has 0 bridgehead atoms. The fraction of sp³-hybridized carbons (Fsp3) is 0.105. The zero-order valence-electron chi connectivity index (χ0n) is 14.3. The van der Waals surface area contributed by atoms with Crippen molar-refractivity contribution in [3.05, 3.63) is 71.0 Å². The van der Waals surface area contributed by atoms with Gasteiger partial charge in [-0.2, -0.15) is 0 Å². The van der Waals surface area contributed by atoms with Gasteiger partial charge in [0.2, 0.25) is 5.95 Å². The predicted molar refractivity (Wildman–Crippen MR) is 102 cm³/mol. The Hall–Kier alpha value is -3.12. The Balaban J connectivity index is 1.73. The van der Waals surface area contributed by atoms with E-state index in [4.69, 9.17) is 16.3 Å². The predicted octanol–water partition coefficient (Wildman–Crippen LogP) is 4.44. The molecule has 132 valence electrons. The number of methoxy groups -OCH3 is 1. The van der Waals surface area contributed by atoms with Gasteiger partial charge in [0.1, 0.15) is 5.75 Å². The van der Waals surface area contributed by atoms with Gasteiger partial charge in [-0.3, -0.25) is 4.79 Å². The van der Waals surface area contributed by atoms with E-state index < -0.39 is 0 Å². The van der Waals surface area contributed by atoms with Crippen LogP contribution in [-0.2, 0) is 0 Å². The average Bonchev–Trinajstić information content (AvgIpc) is 2.66. The highest BCUT2D eigenvalue weighted by molar-refractivity contribution is 6.31. The van der Waals surface area contributed by atoms with Crippen molar-refractivity contribution >= 4 is 34.8 Å². The maximum Gasteiger partial charge on any atom is 0.258 e. The smallest absolute Gasteiger partial charge is 0.258 e. The van der Waals surface area contributed by atoms with Crippen LogP contribution in [0.1, 0.15) is 15.9 Å². The third-order valence-corrected chi connectivity index (χ3v) is 4.08. The fourth-order valence-electron chi connectivity index (χ4n) is 2.28. The summed E-state index contributed by atoms with van der Waals surface area (Å²) in [5, 5.41) is 6.42. The first-order valence-corrected chi connectivity index (χ1v) is 8.24. The summed E-state index contributed by atoms with van der Waals surface area (Å²) in [4.78, 5) is 20.8. The highest BCUT2D eigenvalue weighted by atomic mass is 35.5. The van der Waals surface area contributed by atoms with E-state index in [0.717, 1.165) is 11.3 Å². The van der Waals surface area contributed by atoms with Gasteiger partial charge in [0.05, 0.1) is 18.4 Å². The number of ether oxygens (including phenoxy) is 1. The summed E-state index contributed by atoms with van der Waals surface area (Å²) in [6.07, 6.45) is 2.92. The molecular weight excluding hydrogens is 352 g/mol. The first-order valence-electron chi connectivity index (χ1n) is 7.86. The minimum Gasteiger partial charge on any atom is -0.495 e. The zero-order valence-corrected chi connectivity index (χ0v) is 15.0. The Kier molecular flexibility index (Phi) is 5.34. The first-order chi connectivity index (χ1) is 12.6. The van der Waals surface area contributed by atoms with Gasteiger partial charge in [-0.15, -0.1) is 0 Å². The quantitative estimate of drug-likeness (QED) is 0.696. The normalized spacial score (nSPS) is 10.3. The van der Waals surface area contributed by atoms with Crippen LogP contribution >= 0.6 is 11.6 Å². The van der Waals surface area contributed by atoms with E-state index in [-0.39, 0.29) is 5.91 Å². The summed E-state index contributed by atoms with van der Waals surface area (Å²) in [6, 6.07) is 13.0. The van der Waals surface area contributed by atoms with Gasteiger partial charge in [-0.1, -0.05) is 29.8 Å². The van der Waals surface area contributed by atoms with Crippen LogP contribution in [0.3, 0.4) is 0 Å². The summed E-state index contributed by atoms with van der Waals surface area (Å²) in [6.45, 7) is 1.85. The van der Waals surface area contributed by atoms with E-state index in [1.807, 2.05) is 37.3 Å². The van der Waals surface area contributed by atoms with Gasteiger partial charge >= 0.3 is 0 Å². The molecule has 0 aliphatic heterocycles. The molecule has 0 aliphatic carbocycles. The highest BCUT2D eigenvalue weighted by Gasteiger charge is 2.13. The molecule has 0 saturated carbocycles. The molecule has 0 atom stereocenters. The molecule has 1 heterocycles. The number of nitrogens with zero attached hydrogens (tertiary/aromatic N) is 2. The van der Waals surface area contributed by atoms with Crippen molar-refractivity contribution < 1.29 is 9.53 Å². The van der Waals surface area contributed by atoms with E-state index in [1.54, 1.807) is 12.1 Å². The number of halogens is 1. The Bertz CT molecular complexity index is 915. The molecule has 0 aliphatic rings. The molecule has 0 radical (unpaired) electrons. The number of aromatic nitrogens is 2. The van der Waals surface area contributed by atoms with Crippen molar-refractivity contribution in [3.63, 3.8) is 0 Å². The standard InChI is InChI=1S/C19H17ClN4O2/c1-12-8-16(17(26-2)9-15(12)20)24-18(25)13-10-21-19(22-11-13)23-14-6-4-3-5-7-14/h3-11H,1-2H3,(H,24,25)(H,21,22,23). The average molecular weight is 369 g/mol. The van der Waals surface area contributed by atoms with Crippen LogP contribution in [0.25, 0.3) is 0 Å². The number of rotatable bonds is 5. The number of carbonyl (C=O) groups excluding carboxylic acids is 1. The van der Waals surface area contributed by atoms with E-state index in [9.17, 15) is 4.79 Å². The van der Waals surface area contributed by atoms with Gasteiger partial charge in [-0.25, -0.2) is 9.97 Å². The van der Waals surface area contributed by atoms with Crippen LogP contribution in [0.15, 0.2) is 54.9 Å². The Labute approximate surface area is 156 Å². The topological polar surface area (TPSA) is 76.1 Å². The number of anilines is 3. The van der Waals surface area contributed by atoms with Crippen LogP contribution in [-0.4, -0.2) is 23.0 Å². The number of hydrogen-bond acceptors (Lipinski definition) is 5. The lowest BCUT2D eigenvalue weighted by atomic mass is 10.2. The number of carbonyl (C=O) groups is 1. The first kappa shape index (κ1) is 17.7. The van der Waals surface area contributed by atoms with Gasteiger partial charge < -0.3 is 15.4 Å². The summed E-state index contributed by atoms with van der Waals surface area (Å²) in [5.74, 6) is 0.557. The summed E-state index contributed by atoms with van der Waals surface area (Å²) >= 11 is 6.08. The molecule has 2 N–H and O–H groups in total.